The molecule has 8 heteroatoms. The van der Waals surface area contributed by atoms with Crippen molar-refractivity contribution in [2.24, 2.45) is 0 Å². The zero-order valence-corrected chi connectivity index (χ0v) is 19.5. The Kier molecular flexibility index (Phi) is 6.81. The van der Waals surface area contributed by atoms with Crippen LogP contribution in [0.1, 0.15) is 36.9 Å². The van der Waals surface area contributed by atoms with Crippen LogP contribution in [-0.4, -0.2) is 32.4 Å². The third kappa shape index (κ3) is 5.14. The van der Waals surface area contributed by atoms with Crippen LogP contribution in [0.4, 0.5) is 5.69 Å². The number of sulfonamides is 1. The SMILES string of the molecule is CCOc1ccc(C2CCCN2C(=O)Cc2ccc(NS(=O)(=O)c3cccs3)cc2)cc1. The summed E-state index contributed by atoms with van der Waals surface area (Å²) < 4.78 is 33.1. The van der Waals surface area contributed by atoms with Crippen LogP contribution >= 0.6 is 11.3 Å². The van der Waals surface area contributed by atoms with Gasteiger partial charge >= 0.3 is 0 Å². The van der Waals surface area contributed by atoms with Gasteiger partial charge in [-0.2, -0.15) is 0 Å². The Labute approximate surface area is 192 Å². The molecule has 1 aliphatic rings. The number of hydrogen-bond donors (Lipinski definition) is 1. The van der Waals surface area contributed by atoms with Crippen molar-refractivity contribution in [3.63, 3.8) is 0 Å². The van der Waals surface area contributed by atoms with Gasteiger partial charge in [-0.3, -0.25) is 9.52 Å². The number of amides is 1. The zero-order chi connectivity index (χ0) is 22.6. The maximum absolute atomic E-state index is 13.0. The largest absolute Gasteiger partial charge is 0.494 e. The number of benzene rings is 2. The summed E-state index contributed by atoms with van der Waals surface area (Å²) in [4.78, 5) is 15.0. The number of carbonyl (C=O) groups excluding carboxylic acids is 1. The topological polar surface area (TPSA) is 75.7 Å². The predicted octanol–water partition coefficient (Wildman–Crippen LogP) is 4.85. The van der Waals surface area contributed by atoms with E-state index in [2.05, 4.69) is 4.72 Å². The molecule has 2 heterocycles. The van der Waals surface area contributed by atoms with Crippen LogP contribution in [0.3, 0.4) is 0 Å². The van der Waals surface area contributed by atoms with E-state index in [4.69, 9.17) is 4.74 Å². The van der Waals surface area contributed by atoms with Crippen molar-refractivity contribution in [3.05, 3.63) is 77.2 Å². The lowest BCUT2D eigenvalue weighted by Crippen LogP contribution is -2.31. The number of nitrogens with one attached hydrogen (secondary N) is 1. The van der Waals surface area contributed by atoms with Gasteiger partial charge in [-0.25, -0.2) is 8.42 Å². The monoisotopic (exact) mass is 470 g/mol. The first-order valence-corrected chi connectivity index (χ1v) is 13.0. The molecule has 1 aromatic heterocycles. The molecule has 4 rings (SSSR count). The quantitative estimate of drug-likeness (QED) is 0.510. The molecule has 1 aliphatic heterocycles. The van der Waals surface area contributed by atoms with Gasteiger partial charge in [-0.05, 0) is 66.6 Å². The highest BCUT2D eigenvalue weighted by atomic mass is 32.2. The molecule has 1 saturated heterocycles. The fraction of sp³-hybridized carbons (Fsp3) is 0.292. The molecule has 0 aliphatic carbocycles. The molecule has 0 radical (unpaired) electrons. The molecule has 1 atom stereocenters. The lowest BCUT2D eigenvalue weighted by atomic mass is 10.0. The van der Waals surface area contributed by atoms with Gasteiger partial charge in [0.2, 0.25) is 5.91 Å². The summed E-state index contributed by atoms with van der Waals surface area (Å²) in [6, 6.07) is 18.3. The third-order valence-corrected chi connectivity index (χ3v) is 8.25. The molecular weight excluding hydrogens is 444 g/mol. The Balaban J connectivity index is 1.39. The molecule has 1 amide bonds. The Morgan fingerprint density at radius 2 is 1.88 bits per heavy atom. The Morgan fingerprint density at radius 3 is 2.53 bits per heavy atom. The average molecular weight is 471 g/mol. The van der Waals surface area contributed by atoms with E-state index in [-0.39, 0.29) is 22.6 Å². The molecule has 2 aromatic carbocycles. The van der Waals surface area contributed by atoms with E-state index in [9.17, 15) is 13.2 Å². The molecule has 168 valence electrons. The van der Waals surface area contributed by atoms with Crippen LogP contribution in [0.15, 0.2) is 70.3 Å². The molecule has 1 fully saturated rings. The van der Waals surface area contributed by atoms with Crippen molar-refractivity contribution in [2.75, 3.05) is 17.9 Å². The molecule has 1 N–H and O–H groups in total. The summed E-state index contributed by atoms with van der Waals surface area (Å²) >= 11 is 1.17. The predicted molar refractivity (Wildman–Crippen MR) is 127 cm³/mol. The van der Waals surface area contributed by atoms with Crippen molar-refractivity contribution in [1.29, 1.82) is 0 Å². The van der Waals surface area contributed by atoms with Crippen LogP contribution in [0.2, 0.25) is 0 Å². The Bertz CT molecular complexity index is 1140. The van der Waals surface area contributed by atoms with E-state index in [1.807, 2.05) is 36.1 Å². The average Bonchev–Trinajstić information content (AvgIpc) is 3.49. The number of likely N-dealkylation sites (tertiary alicyclic amines) is 1. The van der Waals surface area contributed by atoms with Gasteiger partial charge in [0.15, 0.2) is 0 Å². The molecule has 0 spiro atoms. The molecule has 1 unspecified atom stereocenters. The van der Waals surface area contributed by atoms with Crippen LogP contribution in [0, 0.1) is 0 Å². The van der Waals surface area contributed by atoms with Crippen LogP contribution in [-0.2, 0) is 21.2 Å². The van der Waals surface area contributed by atoms with Gasteiger partial charge in [0.25, 0.3) is 10.0 Å². The van der Waals surface area contributed by atoms with E-state index < -0.39 is 10.0 Å². The molecule has 3 aromatic rings. The van der Waals surface area contributed by atoms with Crippen molar-refractivity contribution >= 4 is 33.0 Å². The summed E-state index contributed by atoms with van der Waals surface area (Å²) in [6.45, 7) is 3.33. The smallest absolute Gasteiger partial charge is 0.271 e. The Morgan fingerprint density at radius 1 is 1.12 bits per heavy atom. The van der Waals surface area contributed by atoms with Crippen molar-refractivity contribution in [2.45, 2.75) is 36.4 Å². The molecule has 0 bridgehead atoms. The van der Waals surface area contributed by atoms with Crippen molar-refractivity contribution < 1.29 is 17.9 Å². The first-order valence-electron chi connectivity index (χ1n) is 10.6. The van der Waals surface area contributed by atoms with Gasteiger partial charge in [-0.15, -0.1) is 11.3 Å². The maximum Gasteiger partial charge on any atom is 0.271 e. The minimum Gasteiger partial charge on any atom is -0.494 e. The Hall–Kier alpha value is -2.84. The third-order valence-electron chi connectivity index (χ3n) is 5.47. The summed E-state index contributed by atoms with van der Waals surface area (Å²) in [5, 5.41) is 1.72. The highest BCUT2D eigenvalue weighted by Gasteiger charge is 2.29. The minimum absolute atomic E-state index is 0.0771. The highest BCUT2D eigenvalue weighted by molar-refractivity contribution is 7.94. The molecule has 32 heavy (non-hydrogen) atoms. The van der Waals surface area contributed by atoms with Crippen molar-refractivity contribution in [1.82, 2.24) is 4.90 Å². The molecule has 6 nitrogen and oxygen atoms in total. The van der Waals surface area contributed by atoms with Gasteiger partial charge in [0.1, 0.15) is 9.96 Å². The van der Waals surface area contributed by atoms with Crippen molar-refractivity contribution in [3.8, 4) is 5.75 Å². The number of hydrogen-bond acceptors (Lipinski definition) is 5. The van der Waals surface area contributed by atoms with Crippen LogP contribution < -0.4 is 9.46 Å². The molecular formula is C24H26N2O4S2. The van der Waals surface area contributed by atoms with E-state index in [1.165, 1.54) is 11.3 Å². The molecule has 0 saturated carbocycles. The minimum atomic E-state index is -3.58. The maximum atomic E-state index is 13.0. The second-order valence-electron chi connectivity index (χ2n) is 7.66. The second-order valence-corrected chi connectivity index (χ2v) is 10.5. The van der Waals surface area contributed by atoms with Gasteiger partial charge in [-0.1, -0.05) is 30.3 Å². The number of thiophene rings is 1. The fourth-order valence-electron chi connectivity index (χ4n) is 3.95. The van der Waals surface area contributed by atoms with Crippen LogP contribution in [0.5, 0.6) is 5.75 Å². The van der Waals surface area contributed by atoms with Gasteiger partial charge in [0, 0.05) is 12.2 Å². The lowest BCUT2D eigenvalue weighted by Gasteiger charge is -2.25. The normalized spacial score (nSPS) is 16.2. The summed E-state index contributed by atoms with van der Waals surface area (Å²) in [7, 11) is -3.58. The number of rotatable bonds is 8. The van der Waals surface area contributed by atoms with Gasteiger partial charge < -0.3 is 9.64 Å². The van der Waals surface area contributed by atoms with Crippen LogP contribution in [0.25, 0.3) is 0 Å². The number of anilines is 1. The number of ether oxygens (including phenoxy) is 1. The summed E-state index contributed by atoms with van der Waals surface area (Å²) in [5.41, 5.74) is 2.45. The summed E-state index contributed by atoms with van der Waals surface area (Å²) in [6.07, 6.45) is 2.21. The van der Waals surface area contributed by atoms with E-state index in [0.717, 1.165) is 36.3 Å². The first kappa shape index (κ1) is 22.4. The van der Waals surface area contributed by atoms with E-state index in [0.29, 0.717) is 12.3 Å². The lowest BCUT2D eigenvalue weighted by molar-refractivity contribution is -0.131. The zero-order valence-electron chi connectivity index (χ0n) is 17.9. The summed E-state index contributed by atoms with van der Waals surface area (Å²) in [5.74, 6) is 0.912. The van der Waals surface area contributed by atoms with E-state index in [1.54, 1.807) is 41.8 Å². The first-order chi connectivity index (χ1) is 15.5. The standard InChI is InChI=1S/C24H26N2O4S2/c1-2-30-21-13-9-19(10-14-21)22-5-3-15-26(22)23(27)17-18-7-11-20(12-8-18)25-32(28,29)24-6-4-16-31-24/h4,6-14,16,22,25H,2-3,5,15,17H2,1H3. The highest BCUT2D eigenvalue weighted by Crippen LogP contribution is 2.33. The second kappa shape index (κ2) is 9.75. The fourth-order valence-corrected chi connectivity index (χ4v) is 6.00. The number of carbonyl (C=O) groups is 1. The number of nitrogens with zero attached hydrogens (tertiary/aromatic N) is 1. The van der Waals surface area contributed by atoms with Gasteiger partial charge in [0.05, 0.1) is 19.1 Å². The van der Waals surface area contributed by atoms with E-state index >= 15 is 0 Å².